The molecule has 0 aliphatic heterocycles. The Morgan fingerprint density at radius 1 is 1.07 bits per heavy atom. The van der Waals surface area contributed by atoms with E-state index in [0.29, 0.717) is 13.0 Å². The Morgan fingerprint density at radius 2 is 1.71 bits per heavy atom. The van der Waals surface area contributed by atoms with E-state index in [4.69, 9.17) is 4.74 Å². The zero-order chi connectivity index (χ0) is 20.6. The van der Waals surface area contributed by atoms with Gasteiger partial charge in [-0.15, -0.1) is 0 Å². The minimum atomic E-state index is -0.465. The number of rotatable bonds is 9. The fourth-order valence-electron chi connectivity index (χ4n) is 2.97. The summed E-state index contributed by atoms with van der Waals surface area (Å²) in [6.07, 6.45) is 1.05. The van der Waals surface area contributed by atoms with Crippen molar-refractivity contribution in [2.45, 2.75) is 52.1 Å². The van der Waals surface area contributed by atoms with Crippen LogP contribution in [0.3, 0.4) is 0 Å². The molecule has 1 N–H and O–H groups in total. The van der Waals surface area contributed by atoms with Crippen molar-refractivity contribution in [1.82, 2.24) is 5.32 Å². The zero-order valence-electron chi connectivity index (χ0n) is 17.9. The van der Waals surface area contributed by atoms with E-state index in [0.717, 1.165) is 18.7 Å². The molecule has 0 aliphatic rings. The normalized spacial score (nSPS) is 12.3. The van der Waals surface area contributed by atoms with Crippen LogP contribution in [0.5, 0.6) is 5.75 Å². The van der Waals surface area contributed by atoms with Crippen LogP contribution in [0.25, 0.3) is 0 Å². The summed E-state index contributed by atoms with van der Waals surface area (Å²) in [6.45, 7) is 10.0. The quantitative estimate of drug-likeness (QED) is 0.634. The van der Waals surface area contributed by atoms with Gasteiger partial charge in [0, 0.05) is 25.8 Å². The molecule has 2 rings (SSSR count). The predicted molar refractivity (Wildman–Crippen MR) is 117 cm³/mol. The first-order valence-corrected chi connectivity index (χ1v) is 10.1. The summed E-state index contributed by atoms with van der Waals surface area (Å²) >= 11 is 0. The van der Waals surface area contributed by atoms with E-state index in [1.165, 1.54) is 11.3 Å². The average Bonchev–Trinajstić information content (AvgIpc) is 2.69. The van der Waals surface area contributed by atoms with Crippen LogP contribution in [-0.2, 0) is 10.2 Å². The van der Waals surface area contributed by atoms with E-state index in [-0.39, 0.29) is 11.3 Å². The fraction of sp³-hybridized carbons (Fsp3) is 0.458. The molecule has 1 atom stereocenters. The standard InChI is InChI=1S/C24H34N2O2/c1-6-22(28-21-15-13-19(14-16-21)24(2,3)4)23(27)25-17-10-18-26(5)20-11-8-7-9-12-20/h7-9,11-16,22H,6,10,17-18H2,1-5H3,(H,25,27)/t22-/m1/s1. The van der Waals surface area contributed by atoms with Gasteiger partial charge >= 0.3 is 0 Å². The maximum Gasteiger partial charge on any atom is 0.261 e. The van der Waals surface area contributed by atoms with Crippen molar-refractivity contribution in [1.29, 1.82) is 0 Å². The maximum absolute atomic E-state index is 12.5. The number of hydrogen-bond donors (Lipinski definition) is 1. The molecule has 0 saturated carbocycles. The van der Waals surface area contributed by atoms with Crippen LogP contribution in [0.15, 0.2) is 54.6 Å². The van der Waals surface area contributed by atoms with Gasteiger partial charge in [0.2, 0.25) is 0 Å². The lowest BCUT2D eigenvalue weighted by atomic mass is 9.87. The van der Waals surface area contributed by atoms with Gasteiger partial charge in [0.1, 0.15) is 5.75 Å². The second-order valence-corrected chi connectivity index (χ2v) is 8.19. The average molecular weight is 383 g/mol. The van der Waals surface area contributed by atoms with Crippen molar-refractivity contribution in [2.24, 2.45) is 0 Å². The summed E-state index contributed by atoms with van der Waals surface area (Å²) in [4.78, 5) is 14.7. The molecule has 0 unspecified atom stereocenters. The molecule has 28 heavy (non-hydrogen) atoms. The third-order valence-corrected chi connectivity index (χ3v) is 4.83. The van der Waals surface area contributed by atoms with E-state index >= 15 is 0 Å². The van der Waals surface area contributed by atoms with Crippen LogP contribution >= 0.6 is 0 Å². The Balaban J connectivity index is 1.78. The van der Waals surface area contributed by atoms with Gasteiger partial charge in [-0.05, 0) is 48.1 Å². The summed E-state index contributed by atoms with van der Waals surface area (Å²) in [7, 11) is 2.07. The number of nitrogens with one attached hydrogen (secondary N) is 1. The van der Waals surface area contributed by atoms with Crippen molar-refractivity contribution in [3.8, 4) is 5.75 Å². The summed E-state index contributed by atoms with van der Waals surface area (Å²) < 4.78 is 5.92. The summed E-state index contributed by atoms with van der Waals surface area (Å²) in [6, 6.07) is 18.3. The number of hydrogen-bond acceptors (Lipinski definition) is 3. The number of benzene rings is 2. The largest absolute Gasteiger partial charge is 0.481 e. The molecule has 0 radical (unpaired) electrons. The molecule has 0 spiro atoms. The van der Waals surface area contributed by atoms with E-state index in [2.05, 4.69) is 62.3 Å². The van der Waals surface area contributed by atoms with Crippen molar-refractivity contribution in [2.75, 3.05) is 25.0 Å². The van der Waals surface area contributed by atoms with Crippen LogP contribution in [0, 0.1) is 0 Å². The van der Waals surface area contributed by atoms with Crippen molar-refractivity contribution in [3.05, 3.63) is 60.2 Å². The molecule has 2 aromatic carbocycles. The molecule has 0 aliphatic carbocycles. The first kappa shape index (κ1) is 21.8. The SMILES string of the molecule is CC[C@@H](Oc1ccc(C(C)(C)C)cc1)C(=O)NCCCN(C)c1ccccc1. The van der Waals surface area contributed by atoms with Crippen LogP contribution < -0.4 is 15.0 Å². The van der Waals surface area contributed by atoms with Gasteiger partial charge in [-0.2, -0.15) is 0 Å². The molecule has 0 fully saturated rings. The van der Waals surface area contributed by atoms with Crippen molar-refractivity contribution < 1.29 is 9.53 Å². The number of carbonyl (C=O) groups is 1. The number of amides is 1. The van der Waals surface area contributed by atoms with Crippen molar-refractivity contribution in [3.63, 3.8) is 0 Å². The number of para-hydroxylation sites is 1. The molecule has 0 aromatic heterocycles. The Hall–Kier alpha value is -2.49. The van der Waals surface area contributed by atoms with E-state index in [1.807, 2.05) is 37.3 Å². The van der Waals surface area contributed by atoms with Crippen molar-refractivity contribution >= 4 is 11.6 Å². The topological polar surface area (TPSA) is 41.6 Å². The van der Waals surface area contributed by atoms with E-state index in [1.54, 1.807) is 0 Å². The van der Waals surface area contributed by atoms with Gasteiger partial charge in [0.15, 0.2) is 6.10 Å². The lowest BCUT2D eigenvalue weighted by Gasteiger charge is -2.21. The van der Waals surface area contributed by atoms with Gasteiger partial charge in [-0.1, -0.05) is 58.0 Å². The third kappa shape index (κ3) is 6.59. The molecule has 0 bridgehead atoms. The lowest BCUT2D eigenvalue weighted by Crippen LogP contribution is -2.39. The van der Waals surface area contributed by atoms with Gasteiger partial charge in [0.25, 0.3) is 5.91 Å². The fourth-order valence-corrected chi connectivity index (χ4v) is 2.97. The molecule has 4 nitrogen and oxygen atoms in total. The second kappa shape index (κ2) is 10.2. The molecule has 0 saturated heterocycles. The highest BCUT2D eigenvalue weighted by Gasteiger charge is 2.19. The molecule has 1 amide bonds. The third-order valence-electron chi connectivity index (χ3n) is 4.83. The molecular weight excluding hydrogens is 348 g/mol. The smallest absolute Gasteiger partial charge is 0.261 e. The predicted octanol–water partition coefficient (Wildman–Crippen LogP) is 4.78. The van der Waals surface area contributed by atoms with Gasteiger partial charge in [0.05, 0.1) is 0 Å². The van der Waals surface area contributed by atoms with Crippen LogP contribution in [0.2, 0.25) is 0 Å². The Morgan fingerprint density at radius 3 is 2.29 bits per heavy atom. The summed E-state index contributed by atoms with van der Waals surface area (Å²) in [5, 5.41) is 3.01. The molecule has 152 valence electrons. The number of carbonyl (C=O) groups excluding carboxylic acids is 1. The Bertz CT molecular complexity index is 721. The van der Waals surface area contributed by atoms with E-state index < -0.39 is 6.10 Å². The summed E-state index contributed by atoms with van der Waals surface area (Å²) in [5.41, 5.74) is 2.54. The lowest BCUT2D eigenvalue weighted by molar-refractivity contribution is -0.128. The number of ether oxygens (including phenoxy) is 1. The first-order valence-electron chi connectivity index (χ1n) is 10.1. The molecule has 2 aromatic rings. The Kier molecular flexibility index (Phi) is 7.91. The first-order chi connectivity index (χ1) is 13.3. The minimum Gasteiger partial charge on any atom is -0.481 e. The maximum atomic E-state index is 12.5. The van der Waals surface area contributed by atoms with Crippen LogP contribution in [0.1, 0.15) is 46.1 Å². The highest BCUT2D eigenvalue weighted by atomic mass is 16.5. The highest BCUT2D eigenvalue weighted by molar-refractivity contribution is 5.81. The number of anilines is 1. The molecular formula is C24H34N2O2. The molecule has 4 heteroatoms. The highest BCUT2D eigenvalue weighted by Crippen LogP contribution is 2.24. The monoisotopic (exact) mass is 382 g/mol. The van der Waals surface area contributed by atoms with Gasteiger partial charge < -0.3 is 15.0 Å². The zero-order valence-corrected chi connectivity index (χ0v) is 17.9. The van der Waals surface area contributed by atoms with Gasteiger partial charge in [-0.3, -0.25) is 4.79 Å². The Labute approximate surface area is 169 Å². The van der Waals surface area contributed by atoms with Gasteiger partial charge in [-0.25, -0.2) is 0 Å². The second-order valence-electron chi connectivity index (χ2n) is 8.19. The summed E-state index contributed by atoms with van der Waals surface area (Å²) in [5.74, 6) is 0.684. The molecule has 0 heterocycles. The minimum absolute atomic E-state index is 0.0511. The number of nitrogens with zero attached hydrogens (tertiary/aromatic N) is 1. The van der Waals surface area contributed by atoms with Crippen LogP contribution in [0.4, 0.5) is 5.69 Å². The van der Waals surface area contributed by atoms with Crippen LogP contribution in [-0.4, -0.2) is 32.1 Å². The van der Waals surface area contributed by atoms with E-state index in [9.17, 15) is 4.79 Å².